The summed E-state index contributed by atoms with van der Waals surface area (Å²) in [6.45, 7) is 30.8. The number of carbonyl (C=O) groups is 17. The maximum Gasteiger partial charge on any atom is 0.305 e. The molecule has 1 heterocycles. The number of aromatic nitrogens is 1. The number of aldehydes is 1. The van der Waals surface area contributed by atoms with Crippen LogP contribution in [0.1, 0.15) is 317 Å². The Labute approximate surface area is 811 Å². The van der Waals surface area contributed by atoms with Crippen molar-refractivity contribution in [3.05, 3.63) is 114 Å². The van der Waals surface area contributed by atoms with Crippen LogP contribution in [-0.4, -0.2) is 195 Å². The molecule has 0 saturated heterocycles. The molecule has 1 amide bonds. The summed E-state index contributed by atoms with van der Waals surface area (Å²) in [5, 5.41) is 54.5. The number of aliphatic carboxylic acids is 5. The van der Waals surface area contributed by atoms with Gasteiger partial charge in [0.1, 0.15) is 58.3 Å². The van der Waals surface area contributed by atoms with E-state index in [1.54, 1.807) is 33.8 Å². The molecule has 1 aliphatic rings. The fraction of sp³-hybridized carbons (Fsp3) is 0.657. The number of ether oxygens (including phenoxy) is 4. The maximum atomic E-state index is 14.8. The van der Waals surface area contributed by atoms with Gasteiger partial charge in [0.2, 0.25) is 5.91 Å². The third-order valence-electron chi connectivity index (χ3n) is 26.3. The molecule has 2 aromatic rings. The number of hydrogen-bond acceptors (Lipinski definition) is 22. The van der Waals surface area contributed by atoms with Crippen LogP contribution >= 0.6 is 0 Å². The van der Waals surface area contributed by atoms with Crippen molar-refractivity contribution in [1.29, 1.82) is 0 Å². The first-order valence-corrected chi connectivity index (χ1v) is 49.9. The van der Waals surface area contributed by atoms with Crippen molar-refractivity contribution in [2.75, 3.05) is 59.4 Å². The molecule has 29 heteroatoms. The molecule has 13 atom stereocenters. The number of benzene rings is 1. The van der Waals surface area contributed by atoms with E-state index < -0.39 is 150 Å². The number of nitrogens with one attached hydrogen (secondary N) is 2. The molecular formula is C108H161N3O26. The van der Waals surface area contributed by atoms with Gasteiger partial charge in [0.25, 0.3) is 0 Å². The standard InChI is InChI=1S/C108H161N3O26/c1-13-75(8)90(101(121)64-85(34-15-14-23-49-109-74(6)7)98(118)66-88(67-105(128)129)94(114)38-26-52-134-54-56-136-58-59-137-57-55-135-53-27-39-95(115)92(69-106(130)131)110-108(133)77(10)31-19-17-29-73(4)5)68-99(119)83(42-45-102(122)123)35-25-37-93(113)86(43-46-103(124)125)63-97(117)78(11)60-80-48-51-111(70-80)50-24-22-32-81(71-112)61-100(120)91(62-84-41-40-82-33-20-21-36-89(82)84)79(12)107(132)87(44-47-104(126)127)65-96(116)76(9)30-18-16-28-72(2)3/h20-21,32-33,36,41,48,51,70-71,75-79,83,85-88,90-92,109H,2,4,6,13-19,22-31,34-35,37-40,42-47,49-50,52-69H2,1,3,5,7-12H3,(H,110,133)(H,122,123)(H,124,125)(H,126,127)(H,128,129)(H,130,131)/b81-32-/t75?,76-,77?,78-,79?,83-,85+,86?,87+,88?,90+,91+,92+/m1/s1. The van der Waals surface area contributed by atoms with E-state index >= 15 is 0 Å². The summed E-state index contributed by atoms with van der Waals surface area (Å²) in [6, 6.07) is 8.53. The number of carbonyl (C=O) groups excluding carboxylic acids is 12. The smallest absolute Gasteiger partial charge is 0.305 e. The molecule has 29 nitrogen and oxygen atoms in total. The SMILES string of the molecule is C=C(C)CCCCC(C)C(=O)N[C@@H](CC(=O)O)C(=O)CCCOCCOCCOCCOCCCC(=O)C(CC(=O)O)CC(=O)[C@@H](CCCCCNC(=C)C)CC(=O)[C@@H](CC(=O)[C@H](CCCC(=O)C(CCC(=O)O)CC(=O)[C@H](C)Cc1ccn(CCC/C=C(\C=O)CC(=O)[C@@H](CC2=CCc3ccccc32)C(C)C(=O)[C@@H](CCC(=O)O)CC(=O)[C@H](C)CCCCC(=C)C)c1)CCC(=O)O)C(C)CC. The van der Waals surface area contributed by atoms with Crippen LogP contribution in [-0.2, 0) is 120 Å². The van der Waals surface area contributed by atoms with Gasteiger partial charge < -0.3 is 59.7 Å². The quantitative estimate of drug-likeness (QED) is 0.0140. The minimum Gasteiger partial charge on any atom is -0.481 e. The van der Waals surface area contributed by atoms with Gasteiger partial charge in [0, 0.05) is 187 Å². The molecule has 0 saturated carbocycles. The van der Waals surface area contributed by atoms with Crippen molar-refractivity contribution in [2.24, 2.45) is 71.0 Å². The van der Waals surface area contributed by atoms with Crippen LogP contribution < -0.4 is 10.6 Å². The Morgan fingerprint density at radius 2 is 0.949 bits per heavy atom. The second-order valence-corrected chi connectivity index (χ2v) is 38.2. The highest BCUT2D eigenvalue weighted by Crippen LogP contribution is 2.39. The lowest BCUT2D eigenvalue weighted by molar-refractivity contribution is -0.142. The van der Waals surface area contributed by atoms with Crippen LogP contribution in [0, 0.1) is 71.0 Å². The Balaban J connectivity index is 1.62. The van der Waals surface area contributed by atoms with Gasteiger partial charge in [0.05, 0.1) is 58.5 Å². The largest absolute Gasteiger partial charge is 0.481 e. The average Bonchev–Trinajstić information content (AvgIpc) is 1.70. The molecule has 764 valence electrons. The second-order valence-electron chi connectivity index (χ2n) is 38.2. The van der Waals surface area contributed by atoms with Gasteiger partial charge in [-0.05, 0) is 189 Å². The Morgan fingerprint density at radius 1 is 0.445 bits per heavy atom. The molecule has 0 radical (unpaired) electrons. The van der Waals surface area contributed by atoms with E-state index in [0.717, 1.165) is 77.6 Å². The number of carboxylic acids is 5. The van der Waals surface area contributed by atoms with E-state index in [-0.39, 0.29) is 226 Å². The van der Waals surface area contributed by atoms with Crippen LogP contribution in [0.4, 0.5) is 0 Å². The average molecular weight is 1920 g/mol. The lowest BCUT2D eigenvalue weighted by Gasteiger charge is -2.27. The summed E-state index contributed by atoms with van der Waals surface area (Å²) in [5.74, 6) is -19.3. The van der Waals surface area contributed by atoms with E-state index in [2.05, 4.69) is 30.4 Å². The number of amides is 1. The summed E-state index contributed by atoms with van der Waals surface area (Å²) in [4.78, 5) is 227. The molecule has 0 bridgehead atoms. The van der Waals surface area contributed by atoms with Gasteiger partial charge in [-0.1, -0.05) is 128 Å². The van der Waals surface area contributed by atoms with Gasteiger partial charge in [-0.25, -0.2) is 0 Å². The molecule has 1 aromatic heterocycles. The monoisotopic (exact) mass is 1920 g/mol. The number of allylic oxidation sites excluding steroid dienone is 7. The minimum atomic E-state index is -1.29. The zero-order valence-electron chi connectivity index (χ0n) is 83.3. The highest BCUT2D eigenvalue weighted by atomic mass is 16.6. The normalized spacial score (nSPS) is 14.8. The number of Topliss-reactive ketones (excluding diaryl/α,β-unsaturated/α-hetero) is 10. The third-order valence-corrected chi connectivity index (χ3v) is 26.3. The van der Waals surface area contributed by atoms with Crippen LogP contribution in [0.15, 0.2) is 97.0 Å². The van der Waals surface area contributed by atoms with Crippen molar-refractivity contribution < 1.29 is 126 Å². The fourth-order valence-corrected chi connectivity index (χ4v) is 17.5. The Kier molecular flexibility index (Phi) is 61.0. The van der Waals surface area contributed by atoms with Crippen LogP contribution in [0.25, 0.3) is 5.57 Å². The molecule has 0 fully saturated rings. The number of carboxylic acid groups (broad SMARTS) is 5. The third kappa shape index (κ3) is 52.0. The molecule has 137 heavy (non-hydrogen) atoms. The first kappa shape index (κ1) is 121. The highest BCUT2D eigenvalue weighted by molar-refractivity contribution is 5.99. The van der Waals surface area contributed by atoms with Gasteiger partial charge in [-0.2, -0.15) is 0 Å². The van der Waals surface area contributed by atoms with Gasteiger partial charge in [0.15, 0.2) is 5.78 Å². The number of unbranched alkanes of at least 4 members (excludes halogenated alkanes) is 5. The predicted molar refractivity (Wildman–Crippen MR) is 523 cm³/mol. The lowest BCUT2D eigenvalue weighted by Crippen LogP contribution is -2.44. The van der Waals surface area contributed by atoms with Gasteiger partial charge in [-0.15, -0.1) is 13.2 Å². The molecule has 5 unspecified atom stereocenters. The van der Waals surface area contributed by atoms with Crippen molar-refractivity contribution in [3.63, 3.8) is 0 Å². The number of rotatable bonds is 88. The highest BCUT2D eigenvalue weighted by Gasteiger charge is 2.39. The Morgan fingerprint density at radius 3 is 1.53 bits per heavy atom. The summed E-state index contributed by atoms with van der Waals surface area (Å²) in [6.07, 6.45) is 15.1. The number of fused-ring (bicyclic) bond motifs is 1. The summed E-state index contributed by atoms with van der Waals surface area (Å²) >= 11 is 0. The number of hydrogen-bond donors (Lipinski definition) is 7. The molecular weight excluding hydrogens is 1760 g/mol. The molecule has 0 spiro atoms. The van der Waals surface area contributed by atoms with Gasteiger partial charge >= 0.3 is 29.8 Å². The van der Waals surface area contributed by atoms with E-state index in [1.807, 2.05) is 88.0 Å². The lowest BCUT2D eigenvalue weighted by atomic mass is 9.74. The molecule has 0 aliphatic heterocycles. The van der Waals surface area contributed by atoms with Crippen molar-refractivity contribution >= 4 is 105 Å². The predicted octanol–water partition coefficient (Wildman–Crippen LogP) is 17.7. The fourth-order valence-electron chi connectivity index (χ4n) is 17.5. The van der Waals surface area contributed by atoms with E-state index in [9.17, 15) is 107 Å². The molecule has 1 aromatic carbocycles. The van der Waals surface area contributed by atoms with E-state index in [0.29, 0.717) is 83.6 Å². The van der Waals surface area contributed by atoms with E-state index in [1.165, 1.54) is 0 Å². The molecule has 7 N–H and O–H groups in total. The van der Waals surface area contributed by atoms with Gasteiger partial charge in [-0.3, -0.25) is 81.5 Å². The number of aryl methyl sites for hydroxylation is 1. The zero-order chi connectivity index (χ0) is 102. The second kappa shape index (κ2) is 69.0. The maximum absolute atomic E-state index is 14.8. The summed E-state index contributed by atoms with van der Waals surface area (Å²) in [7, 11) is 0. The summed E-state index contributed by atoms with van der Waals surface area (Å²) in [5.41, 5.74) is 6.86. The topological polar surface area (TPSA) is 457 Å². The van der Waals surface area contributed by atoms with Crippen molar-refractivity contribution in [2.45, 2.75) is 325 Å². The molecule has 3 rings (SSSR count). The first-order valence-electron chi connectivity index (χ1n) is 49.9. The van der Waals surface area contributed by atoms with Crippen molar-refractivity contribution in [3.8, 4) is 0 Å². The van der Waals surface area contributed by atoms with E-state index in [4.69, 9.17) is 18.9 Å². The van der Waals surface area contributed by atoms with Crippen LogP contribution in [0.2, 0.25) is 0 Å². The molecule has 1 aliphatic carbocycles. The Hall–Kier alpha value is -9.97. The van der Waals surface area contributed by atoms with Crippen molar-refractivity contribution in [1.82, 2.24) is 15.2 Å². The minimum absolute atomic E-state index is 0.0204. The summed E-state index contributed by atoms with van der Waals surface area (Å²) < 4.78 is 24.3. The van der Waals surface area contributed by atoms with Crippen LogP contribution in [0.5, 0.6) is 0 Å². The number of ketones is 10. The first-order chi connectivity index (χ1) is 65.1. The Bertz CT molecular complexity index is 4320. The van der Waals surface area contributed by atoms with Crippen LogP contribution in [0.3, 0.4) is 0 Å². The zero-order valence-corrected chi connectivity index (χ0v) is 83.3. The number of nitrogens with zero attached hydrogens (tertiary/aromatic N) is 1.